The number of aromatic nitrogens is 2. The minimum absolute atomic E-state index is 0.0368. The molecule has 0 aliphatic heterocycles. The monoisotopic (exact) mass is 352 g/mol. The van der Waals surface area contributed by atoms with Gasteiger partial charge < -0.3 is 15.7 Å². The second-order valence-corrected chi connectivity index (χ2v) is 6.14. The van der Waals surface area contributed by atoms with E-state index < -0.39 is 0 Å². The maximum atomic E-state index is 13.8. The van der Waals surface area contributed by atoms with Crippen LogP contribution in [0.15, 0.2) is 54.6 Å². The molecule has 3 N–H and O–H groups in total. The molecule has 0 aliphatic rings. The van der Waals surface area contributed by atoms with E-state index in [0.717, 1.165) is 11.3 Å². The Hall–Kier alpha value is -2.99. The van der Waals surface area contributed by atoms with E-state index in [1.807, 2.05) is 43.3 Å². The Labute approximate surface area is 152 Å². The lowest BCUT2D eigenvalue weighted by Gasteiger charge is -2.14. The standard InChI is InChI=1S/C20H21FN4O/c1-13-8-9-16(10-17(13)21)23-19-11-18(15-6-4-3-5-7-15)24-20(25-19)22-14(2)12-26/h3-11,14,26H,12H2,1-2H3,(H2,22,23,24,25)/t14-/m1/s1. The largest absolute Gasteiger partial charge is 0.394 e. The second kappa shape index (κ2) is 7.93. The molecule has 0 bridgehead atoms. The van der Waals surface area contributed by atoms with Gasteiger partial charge in [-0.05, 0) is 31.5 Å². The zero-order valence-electron chi connectivity index (χ0n) is 14.7. The molecule has 1 aromatic heterocycles. The summed E-state index contributed by atoms with van der Waals surface area (Å²) in [6.45, 7) is 3.52. The smallest absolute Gasteiger partial charge is 0.225 e. The molecule has 26 heavy (non-hydrogen) atoms. The van der Waals surface area contributed by atoms with Gasteiger partial charge in [-0.25, -0.2) is 9.37 Å². The molecule has 0 saturated carbocycles. The molecule has 0 saturated heterocycles. The molecule has 1 heterocycles. The molecule has 3 rings (SSSR count). The molecule has 0 amide bonds. The summed E-state index contributed by atoms with van der Waals surface area (Å²) in [7, 11) is 0. The fourth-order valence-corrected chi connectivity index (χ4v) is 2.42. The van der Waals surface area contributed by atoms with E-state index in [2.05, 4.69) is 20.6 Å². The van der Waals surface area contributed by atoms with Crippen molar-refractivity contribution in [1.29, 1.82) is 0 Å². The van der Waals surface area contributed by atoms with Crippen molar-refractivity contribution in [2.75, 3.05) is 17.2 Å². The molecular formula is C20H21FN4O. The lowest BCUT2D eigenvalue weighted by molar-refractivity contribution is 0.281. The average Bonchev–Trinajstić information content (AvgIpc) is 2.65. The number of nitrogens with one attached hydrogen (secondary N) is 2. The molecule has 0 fully saturated rings. The summed E-state index contributed by atoms with van der Waals surface area (Å²) < 4.78 is 13.8. The van der Waals surface area contributed by atoms with Crippen LogP contribution in [0, 0.1) is 12.7 Å². The average molecular weight is 352 g/mol. The minimum Gasteiger partial charge on any atom is -0.394 e. The Balaban J connectivity index is 1.97. The summed E-state index contributed by atoms with van der Waals surface area (Å²) in [4.78, 5) is 8.94. The number of rotatable bonds is 6. The fourth-order valence-electron chi connectivity index (χ4n) is 2.42. The van der Waals surface area contributed by atoms with Gasteiger partial charge in [-0.15, -0.1) is 0 Å². The van der Waals surface area contributed by atoms with Gasteiger partial charge in [0.15, 0.2) is 0 Å². The molecule has 6 heteroatoms. The summed E-state index contributed by atoms with van der Waals surface area (Å²) >= 11 is 0. The zero-order chi connectivity index (χ0) is 18.5. The van der Waals surface area contributed by atoms with Crippen LogP contribution in [0.1, 0.15) is 12.5 Å². The second-order valence-electron chi connectivity index (χ2n) is 6.14. The number of aliphatic hydroxyl groups is 1. The topological polar surface area (TPSA) is 70.1 Å². The molecule has 1 atom stereocenters. The van der Waals surface area contributed by atoms with Crippen molar-refractivity contribution in [3.05, 3.63) is 66.0 Å². The number of nitrogens with zero attached hydrogens (tertiary/aromatic N) is 2. The Morgan fingerprint density at radius 2 is 1.85 bits per heavy atom. The number of hydrogen-bond acceptors (Lipinski definition) is 5. The number of anilines is 3. The van der Waals surface area contributed by atoms with Crippen LogP contribution in [-0.2, 0) is 0 Å². The van der Waals surface area contributed by atoms with Crippen LogP contribution in [0.5, 0.6) is 0 Å². The molecule has 3 aromatic rings. The summed E-state index contributed by atoms with van der Waals surface area (Å²) in [6.07, 6.45) is 0. The van der Waals surface area contributed by atoms with Gasteiger partial charge in [0, 0.05) is 23.4 Å². The number of hydrogen-bond donors (Lipinski definition) is 3. The molecule has 0 spiro atoms. The molecule has 0 aliphatic carbocycles. The number of benzene rings is 2. The van der Waals surface area contributed by atoms with Gasteiger partial charge in [0.2, 0.25) is 5.95 Å². The van der Waals surface area contributed by atoms with Gasteiger partial charge in [0.05, 0.1) is 12.3 Å². The number of aliphatic hydroxyl groups excluding tert-OH is 1. The van der Waals surface area contributed by atoms with Crippen LogP contribution >= 0.6 is 0 Å². The minimum atomic E-state index is -0.278. The van der Waals surface area contributed by atoms with Crippen molar-refractivity contribution in [3.63, 3.8) is 0 Å². The maximum Gasteiger partial charge on any atom is 0.225 e. The number of halogens is 1. The van der Waals surface area contributed by atoms with Crippen molar-refractivity contribution >= 4 is 17.5 Å². The first-order valence-corrected chi connectivity index (χ1v) is 8.40. The van der Waals surface area contributed by atoms with E-state index in [9.17, 15) is 9.50 Å². The van der Waals surface area contributed by atoms with Crippen LogP contribution in [-0.4, -0.2) is 27.7 Å². The van der Waals surface area contributed by atoms with Crippen LogP contribution < -0.4 is 10.6 Å². The van der Waals surface area contributed by atoms with Gasteiger partial charge in [0.25, 0.3) is 0 Å². The van der Waals surface area contributed by atoms with Gasteiger partial charge in [0.1, 0.15) is 11.6 Å². The number of aryl methyl sites for hydroxylation is 1. The predicted molar refractivity (Wildman–Crippen MR) is 102 cm³/mol. The quantitative estimate of drug-likeness (QED) is 0.622. The molecule has 2 aromatic carbocycles. The van der Waals surface area contributed by atoms with Gasteiger partial charge in [-0.3, -0.25) is 0 Å². The van der Waals surface area contributed by atoms with Crippen LogP contribution in [0.2, 0.25) is 0 Å². The Morgan fingerprint density at radius 3 is 2.54 bits per heavy atom. The summed E-state index contributed by atoms with van der Waals surface area (Å²) in [5, 5.41) is 15.5. The Bertz CT molecular complexity index is 886. The fraction of sp³-hybridized carbons (Fsp3) is 0.200. The molecule has 0 unspecified atom stereocenters. The van der Waals surface area contributed by atoms with Crippen molar-refractivity contribution in [2.45, 2.75) is 19.9 Å². The molecular weight excluding hydrogens is 331 g/mol. The van der Waals surface area contributed by atoms with Crippen molar-refractivity contribution < 1.29 is 9.50 Å². The molecule has 5 nitrogen and oxygen atoms in total. The SMILES string of the molecule is Cc1ccc(Nc2cc(-c3ccccc3)nc(N[C@H](C)CO)n2)cc1F. The van der Waals surface area contributed by atoms with Crippen LogP contribution in [0.3, 0.4) is 0 Å². The van der Waals surface area contributed by atoms with Crippen LogP contribution in [0.25, 0.3) is 11.3 Å². The zero-order valence-corrected chi connectivity index (χ0v) is 14.7. The van der Waals surface area contributed by atoms with E-state index in [-0.39, 0.29) is 18.5 Å². The predicted octanol–water partition coefficient (Wildman–Crippen LogP) is 4.13. The maximum absolute atomic E-state index is 13.8. The highest BCUT2D eigenvalue weighted by Gasteiger charge is 2.10. The van der Waals surface area contributed by atoms with Crippen LogP contribution in [0.4, 0.5) is 21.8 Å². The normalized spacial score (nSPS) is 11.8. The van der Waals surface area contributed by atoms with Gasteiger partial charge >= 0.3 is 0 Å². The summed E-state index contributed by atoms with van der Waals surface area (Å²) in [5.41, 5.74) is 2.85. The first kappa shape index (κ1) is 17.8. The van der Waals surface area contributed by atoms with Gasteiger partial charge in [-0.1, -0.05) is 36.4 Å². The van der Waals surface area contributed by atoms with Crippen molar-refractivity contribution in [3.8, 4) is 11.3 Å². The van der Waals surface area contributed by atoms with Gasteiger partial charge in [-0.2, -0.15) is 4.98 Å². The first-order valence-electron chi connectivity index (χ1n) is 8.40. The van der Waals surface area contributed by atoms with E-state index in [0.29, 0.717) is 23.0 Å². The summed E-state index contributed by atoms with van der Waals surface area (Å²) in [5.74, 6) is 0.650. The van der Waals surface area contributed by atoms with E-state index in [4.69, 9.17) is 0 Å². The van der Waals surface area contributed by atoms with Crippen molar-refractivity contribution in [2.24, 2.45) is 0 Å². The highest BCUT2D eigenvalue weighted by Crippen LogP contribution is 2.24. The Kier molecular flexibility index (Phi) is 5.43. The first-order chi connectivity index (χ1) is 12.5. The van der Waals surface area contributed by atoms with E-state index in [1.165, 1.54) is 6.07 Å². The highest BCUT2D eigenvalue weighted by molar-refractivity contribution is 5.67. The van der Waals surface area contributed by atoms with Crippen molar-refractivity contribution in [1.82, 2.24) is 9.97 Å². The summed E-state index contributed by atoms with van der Waals surface area (Å²) in [6, 6.07) is 16.3. The van der Waals surface area contributed by atoms with E-state index >= 15 is 0 Å². The molecule has 0 radical (unpaired) electrons. The third-order valence-electron chi connectivity index (χ3n) is 3.89. The third-order valence-corrected chi connectivity index (χ3v) is 3.89. The lowest BCUT2D eigenvalue weighted by atomic mass is 10.1. The molecule has 134 valence electrons. The third kappa shape index (κ3) is 4.34. The lowest BCUT2D eigenvalue weighted by Crippen LogP contribution is -2.21. The van der Waals surface area contributed by atoms with E-state index in [1.54, 1.807) is 19.1 Å². The highest BCUT2D eigenvalue weighted by atomic mass is 19.1. The Morgan fingerprint density at radius 1 is 1.08 bits per heavy atom.